The normalized spacial score (nSPS) is 13.2. The molecule has 4 aromatic heterocycles. The number of aromatic nitrogens is 8. The minimum atomic E-state index is -4.81. The molecule has 1 aliphatic rings. The smallest absolute Gasteiger partial charge is 0.417 e. The first kappa shape index (κ1) is 68.3. The molecule has 9 rings (SSSR count). The molecule has 0 spiro atoms. The number of nitrogens with zero attached hydrogens (tertiary/aromatic N) is 11. The van der Waals surface area contributed by atoms with Gasteiger partial charge in [-0.05, 0) is 152 Å². The molecule has 466 valence electrons. The van der Waals surface area contributed by atoms with Crippen LogP contribution in [0.1, 0.15) is 107 Å². The lowest BCUT2D eigenvalue weighted by Gasteiger charge is -2.24. The second-order valence-corrected chi connectivity index (χ2v) is 19.9. The molecule has 0 radical (unpaired) electrons. The van der Waals surface area contributed by atoms with Crippen molar-refractivity contribution in [3.63, 3.8) is 0 Å². The van der Waals surface area contributed by atoms with Gasteiger partial charge in [0.15, 0.2) is 27.8 Å². The number of benzene rings is 4. The fourth-order valence-electron chi connectivity index (χ4n) is 9.42. The van der Waals surface area contributed by atoms with Crippen LogP contribution in [0.15, 0.2) is 87.4 Å². The van der Waals surface area contributed by atoms with Gasteiger partial charge in [-0.15, -0.1) is 10.2 Å². The van der Waals surface area contributed by atoms with Crippen molar-refractivity contribution < 1.29 is 50.1 Å². The number of alkyl halides is 6. The lowest BCUT2D eigenvalue weighted by molar-refractivity contribution is -0.141. The molecule has 1 amide bonds. The van der Waals surface area contributed by atoms with E-state index in [2.05, 4.69) is 59.6 Å². The van der Waals surface area contributed by atoms with Gasteiger partial charge in [-0.2, -0.15) is 41.9 Å². The van der Waals surface area contributed by atoms with Gasteiger partial charge in [0, 0.05) is 24.2 Å². The Labute approximate surface area is 516 Å². The number of isothiocyanates is 1. The number of aromatic amines is 2. The molecule has 1 aliphatic heterocycles. The van der Waals surface area contributed by atoms with Crippen molar-refractivity contribution in [1.29, 1.82) is 10.5 Å². The third-order valence-electron chi connectivity index (χ3n) is 13.4. The van der Waals surface area contributed by atoms with Gasteiger partial charge >= 0.3 is 18.3 Å². The van der Waals surface area contributed by atoms with E-state index < -0.39 is 58.2 Å². The summed E-state index contributed by atoms with van der Waals surface area (Å²) in [5, 5.41) is 32.0. The molecular weight excluding hydrogens is 1210 g/mol. The lowest BCUT2D eigenvalue weighted by atomic mass is 10.1. The van der Waals surface area contributed by atoms with Crippen LogP contribution < -0.4 is 35.7 Å². The molecule has 0 saturated carbocycles. The number of halogens is 6. The molecule has 2 atom stereocenters. The Morgan fingerprint density at radius 2 is 1.22 bits per heavy atom. The highest BCUT2D eigenvalue weighted by Crippen LogP contribution is 2.40. The van der Waals surface area contributed by atoms with Crippen LogP contribution in [0.2, 0.25) is 0 Å². The average molecular weight is 1270 g/mol. The number of thiocarbonyl (C=S) groups is 2. The second-order valence-electron chi connectivity index (χ2n) is 19.4. The van der Waals surface area contributed by atoms with Gasteiger partial charge in [0.1, 0.15) is 35.2 Å². The van der Waals surface area contributed by atoms with E-state index in [0.717, 1.165) is 47.8 Å². The van der Waals surface area contributed by atoms with Gasteiger partial charge in [-0.3, -0.25) is 19.3 Å². The van der Waals surface area contributed by atoms with Crippen molar-refractivity contribution >= 4 is 80.4 Å². The van der Waals surface area contributed by atoms with Crippen molar-refractivity contribution in [3.8, 4) is 46.4 Å². The molecule has 2 unspecified atom stereocenters. The highest BCUT2D eigenvalue weighted by molar-refractivity contribution is 7.81. The van der Waals surface area contributed by atoms with Crippen LogP contribution in [0, 0.1) is 36.5 Å². The number of nitriles is 2. The summed E-state index contributed by atoms with van der Waals surface area (Å²) < 4.78 is 97.7. The largest absolute Gasteiger partial charge is 0.493 e. The average Bonchev–Trinajstić information content (AvgIpc) is 1.74. The van der Waals surface area contributed by atoms with E-state index in [0.29, 0.717) is 94.1 Å². The molecule has 1 saturated heterocycles. The number of aryl methyl sites for hydroxylation is 4. The van der Waals surface area contributed by atoms with E-state index in [-0.39, 0.29) is 41.3 Å². The zero-order valence-electron chi connectivity index (χ0n) is 48.7. The Kier molecular flexibility index (Phi) is 22.1. The van der Waals surface area contributed by atoms with E-state index in [1.165, 1.54) is 40.8 Å². The monoisotopic (exact) mass is 1270 g/mol. The van der Waals surface area contributed by atoms with Crippen molar-refractivity contribution in [2.45, 2.75) is 113 Å². The van der Waals surface area contributed by atoms with E-state index in [1.807, 2.05) is 19.0 Å². The molecular formula is C60H60F6N14O7S2. The summed E-state index contributed by atoms with van der Waals surface area (Å²) >= 11 is 9.89. The van der Waals surface area contributed by atoms with Crippen LogP contribution in [-0.4, -0.2) is 93.7 Å². The van der Waals surface area contributed by atoms with Crippen molar-refractivity contribution in [3.05, 3.63) is 139 Å². The van der Waals surface area contributed by atoms with Crippen LogP contribution in [0.5, 0.6) is 11.5 Å². The van der Waals surface area contributed by atoms with Crippen LogP contribution in [0.4, 0.5) is 49.1 Å². The molecule has 5 heterocycles. The van der Waals surface area contributed by atoms with Crippen LogP contribution in [0.3, 0.4) is 0 Å². The zero-order chi connectivity index (χ0) is 64.5. The third-order valence-corrected chi connectivity index (χ3v) is 13.8. The van der Waals surface area contributed by atoms with E-state index >= 15 is 0 Å². The first-order valence-electron chi connectivity index (χ1n) is 27.1. The number of nitrogens with one attached hydrogen (secondary N) is 3. The number of ether oxygens (including phenoxy) is 3. The molecule has 21 nitrogen and oxygen atoms in total. The number of imidazole rings is 2. The summed E-state index contributed by atoms with van der Waals surface area (Å²) in [4.78, 5) is 71.7. The quantitative estimate of drug-likeness (QED) is 0.0351. The number of aliphatic imine (C=N–C) groups is 1. The maximum absolute atomic E-state index is 13.7. The summed E-state index contributed by atoms with van der Waals surface area (Å²) in [6.45, 7) is 15.3. The number of carbonyl (C=O) groups is 2. The minimum absolute atomic E-state index is 0. The Morgan fingerprint density at radius 1 is 0.742 bits per heavy atom. The molecule has 0 bridgehead atoms. The van der Waals surface area contributed by atoms with E-state index in [9.17, 15) is 45.5 Å². The number of esters is 1. The standard InChI is InChI=1S/C29H26F3N7O3S.C21H27N5O4.C9H3F3N2S.CH4/c1-5-7-23-34-15(3)24-26(40)35-25(36-39(23)24)20-12-18(10-11-22(20)42-6-2)37-16(4)27(41)38(28(37)43)19-9-8-17(14-33)21(13-19)29(30,31)32;1-6-8-17-23-12(3)18-20(27)24-19(25-26(17)18)15-11-14(9-10-16(15)30-7-2)22-13(4)21(28)29-5;10-9(11,12)8-3-7(14-5-15)2-1-6(8)4-13;/h8-13,16H,5-7H2,1-4H3,(H,35,36,40);9-11,13,22H,6-8H2,1-5H3,(H,24,25,27);1-3H;1H4. The number of hydrogen-bond donors (Lipinski definition) is 3. The Bertz CT molecular complexity index is 4250. The maximum atomic E-state index is 13.7. The molecule has 29 heteroatoms. The van der Waals surface area contributed by atoms with Crippen LogP contribution >= 0.6 is 24.4 Å². The number of anilines is 3. The number of hydrogen-bond acceptors (Lipinski definition) is 17. The fraction of sp³-hybridized carbons (Fsp3) is 0.333. The van der Waals surface area contributed by atoms with Gasteiger partial charge in [-0.1, -0.05) is 21.3 Å². The summed E-state index contributed by atoms with van der Waals surface area (Å²) in [5.74, 6) is 1.98. The predicted octanol–water partition coefficient (Wildman–Crippen LogP) is 11.8. The third kappa shape index (κ3) is 14.8. The Balaban J connectivity index is 0.000000237. The number of H-pyrrole nitrogens is 2. The lowest BCUT2D eigenvalue weighted by Crippen LogP contribution is -2.33. The molecule has 4 aromatic carbocycles. The van der Waals surface area contributed by atoms with Gasteiger partial charge < -0.3 is 34.4 Å². The number of rotatable bonds is 16. The van der Waals surface area contributed by atoms with Crippen LogP contribution in [0.25, 0.3) is 33.8 Å². The first-order chi connectivity index (χ1) is 41.8. The van der Waals surface area contributed by atoms with Gasteiger partial charge in [0.05, 0.1) is 93.8 Å². The number of amides is 1. The number of fused-ring (bicyclic) bond motifs is 2. The topological polar surface area (TPSA) is 266 Å². The summed E-state index contributed by atoms with van der Waals surface area (Å²) in [6.07, 6.45) is -6.39. The van der Waals surface area contributed by atoms with Crippen LogP contribution in [-0.2, 0) is 39.5 Å². The fourth-order valence-corrected chi connectivity index (χ4v) is 9.98. The Hall–Kier alpha value is -9.83. The van der Waals surface area contributed by atoms with E-state index in [1.54, 1.807) is 75.5 Å². The minimum Gasteiger partial charge on any atom is -0.493 e. The molecule has 8 aromatic rings. The van der Waals surface area contributed by atoms with Gasteiger partial charge in [-0.25, -0.2) is 23.8 Å². The summed E-state index contributed by atoms with van der Waals surface area (Å²) in [5.41, 5.74) is 0.136. The van der Waals surface area contributed by atoms with Gasteiger partial charge in [0.25, 0.3) is 17.0 Å². The maximum Gasteiger partial charge on any atom is 0.417 e. The Morgan fingerprint density at radius 3 is 1.70 bits per heavy atom. The molecule has 89 heavy (non-hydrogen) atoms. The molecule has 3 N–H and O–H groups in total. The highest BCUT2D eigenvalue weighted by atomic mass is 32.1. The van der Waals surface area contributed by atoms with Gasteiger partial charge in [0.2, 0.25) is 0 Å². The second kappa shape index (κ2) is 28.8. The molecule has 0 aliphatic carbocycles. The molecule has 1 fully saturated rings. The van der Waals surface area contributed by atoms with Crippen molar-refractivity contribution in [2.24, 2.45) is 4.99 Å². The van der Waals surface area contributed by atoms with Crippen molar-refractivity contribution in [2.75, 3.05) is 35.4 Å². The number of carbonyl (C=O) groups excluding carboxylic acids is 2. The van der Waals surface area contributed by atoms with Crippen molar-refractivity contribution in [1.82, 2.24) is 39.2 Å². The summed E-state index contributed by atoms with van der Waals surface area (Å²) in [6, 6.07) is 18.0. The zero-order valence-corrected chi connectivity index (χ0v) is 50.3. The predicted molar refractivity (Wildman–Crippen MR) is 329 cm³/mol. The first-order valence-corrected chi connectivity index (χ1v) is 27.9. The summed E-state index contributed by atoms with van der Waals surface area (Å²) in [7, 11) is 1.34. The number of methoxy groups -OCH3 is 1. The highest BCUT2D eigenvalue weighted by Gasteiger charge is 2.43. The van der Waals surface area contributed by atoms with E-state index in [4.69, 9.17) is 37.0 Å². The SMILES string of the molecule is C.CCCc1nc(C)c2c(=O)[nH]c(-c3cc(N4C(=S)N(c5ccc(C#N)c(C(F)(F)F)c5)C(=O)C4C)ccc3OCC)nn12.CCCc1nc(C)c2c(=O)[nH]c(-c3cc(NC(C)C(=O)OC)ccc3OCC)nn12.N#Cc1ccc(N=C=S)cc1C(F)(F)F.